The topological polar surface area (TPSA) is 17.1 Å². The molecular weight excluding hydrogens is 148 g/mol. The quantitative estimate of drug-likeness (QED) is 0.608. The molecule has 0 saturated heterocycles. The Morgan fingerprint density at radius 2 is 2.17 bits per heavy atom. The average molecular weight is 160 g/mol. The fourth-order valence-corrected chi connectivity index (χ4v) is 1.55. The standard InChI is InChI=1S/C11H12O/c1-8-2-3-10(7-12)11(6-8)9-4-5-9/h2-3,6-7,9H,4-5H2,1H3. The Kier molecular flexibility index (Phi) is 1.72. The second-order valence-corrected chi connectivity index (χ2v) is 3.52. The second kappa shape index (κ2) is 2.74. The normalized spacial score (nSPS) is 16.1. The number of aryl methyl sites for hydroxylation is 1. The Bertz CT molecular complexity index is 311. The molecule has 2 rings (SSSR count). The van der Waals surface area contributed by atoms with Gasteiger partial charge in [0.1, 0.15) is 6.29 Å². The van der Waals surface area contributed by atoms with Crippen LogP contribution in [-0.4, -0.2) is 6.29 Å². The van der Waals surface area contributed by atoms with Crippen LogP contribution in [-0.2, 0) is 0 Å². The maximum atomic E-state index is 10.7. The summed E-state index contributed by atoms with van der Waals surface area (Å²) in [6.07, 6.45) is 3.47. The minimum absolute atomic E-state index is 0.671. The number of carbonyl (C=O) groups is 1. The predicted molar refractivity (Wildman–Crippen MR) is 48.5 cm³/mol. The van der Waals surface area contributed by atoms with Crippen molar-refractivity contribution in [1.82, 2.24) is 0 Å². The molecule has 1 nitrogen and oxygen atoms in total. The Hall–Kier alpha value is -1.11. The highest BCUT2D eigenvalue weighted by Gasteiger charge is 2.25. The summed E-state index contributed by atoms with van der Waals surface area (Å²) in [6, 6.07) is 6.06. The van der Waals surface area contributed by atoms with Gasteiger partial charge in [0.05, 0.1) is 0 Å². The van der Waals surface area contributed by atoms with Crippen molar-refractivity contribution in [3.63, 3.8) is 0 Å². The van der Waals surface area contributed by atoms with E-state index in [1.165, 1.54) is 24.0 Å². The van der Waals surface area contributed by atoms with Crippen LogP contribution >= 0.6 is 0 Å². The lowest BCUT2D eigenvalue weighted by atomic mass is 10.0. The van der Waals surface area contributed by atoms with E-state index in [1.807, 2.05) is 12.1 Å². The molecule has 1 fully saturated rings. The lowest BCUT2D eigenvalue weighted by Crippen LogP contribution is -1.90. The largest absolute Gasteiger partial charge is 0.298 e. The lowest BCUT2D eigenvalue weighted by Gasteiger charge is -2.03. The lowest BCUT2D eigenvalue weighted by molar-refractivity contribution is 0.112. The Morgan fingerprint density at radius 3 is 2.75 bits per heavy atom. The summed E-state index contributed by atoms with van der Waals surface area (Å²) in [5, 5.41) is 0. The van der Waals surface area contributed by atoms with Crippen LogP contribution in [0.4, 0.5) is 0 Å². The van der Waals surface area contributed by atoms with Crippen LogP contribution in [0.2, 0.25) is 0 Å². The molecule has 0 bridgehead atoms. The number of carbonyl (C=O) groups excluding carboxylic acids is 1. The molecule has 0 spiro atoms. The minimum atomic E-state index is 0.671. The van der Waals surface area contributed by atoms with E-state index < -0.39 is 0 Å². The third-order valence-corrected chi connectivity index (χ3v) is 2.39. The Morgan fingerprint density at radius 1 is 1.42 bits per heavy atom. The van der Waals surface area contributed by atoms with Gasteiger partial charge in [-0.2, -0.15) is 0 Å². The summed E-state index contributed by atoms with van der Waals surface area (Å²) in [7, 11) is 0. The first-order chi connectivity index (χ1) is 5.81. The van der Waals surface area contributed by atoms with E-state index in [0.29, 0.717) is 5.92 Å². The van der Waals surface area contributed by atoms with E-state index in [2.05, 4.69) is 13.0 Å². The van der Waals surface area contributed by atoms with Gasteiger partial charge in [-0.05, 0) is 31.2 Å². The molecule has 0 amide bonds. The van der Waals surface area contributed by atoms with E-state index in [-0.39, 0.29) is 0 Å². The van der Waals surface area contributed by atoms with Crippen molar-refractivity contribution in [2.45, 2.75) is 25.7 Å². The molecule has 0 aliphatic heterocycles. The van der Waals surface area contributed by atoms with Crippen LogP contribution in [0.25, 0.3) is 0 Å². The molecule has 1 aliphatic rings. The van der Waals surface area contributed by atoms with Crippen molar-refractivity contribution >= 4 is 6.29 Å². The van der Waals surface area contributed by atoms with Gasteiger partial charge in [0.25, 0.3) is 0 Å². The van der Waals surface area contributed by atoms with Gasteiger partial charge in [-0.15, -0.1) is 0 Å². The monoisotopic (exact) mass is 160 g/mol. The molecule has 1 saturated carbocycles. The highest BCUT2D eigenvalue weighted by atomic mass is 16.1. The number of benzene rings is 1. The van der Waals surface area contributed by atoms with Crippen molar-refractivity contribution in [3.05, 3.63) is 34.9 Å². The average Bonchev–Trinajstić information content (AvgIpc) is 2.87. The van der Waals surface area contributed by atoms with Crippen molar-refractivity contribution in [1.29, 1.82) is 0 Å². The molecule has 0 radical (unpaired) electrons. The van der Waals surface area contributed by atoms with Gasteiger partial charge in [-0.25, -0.2) is 0 Å². The highest BCUT2D eigenvalue weighted by Crippen LogP contribution is 2.41. The van der Waals surface area contributed by atoms with Gasteiger partial charge >= 0.3 is 0 Å². The molecule has 1 aromatic rings. The molecule has 0 N–H and O–H groups in total. The van der Waals surface area contributed by atoms with Gasteiger partial charge in [-0.3, -0.25) is 4.79 Å². The van der Waals surface area contributed by atoms with Crippen molar-refractivity contribution in [2.24, 2.45) is 0 Å². The summed E-state index contributed by atoms with van der Waals surface area (Å²) in [4.78, 5) is 10.7. The van der Waals surface area contributed by atoms with Crippen molar-refractivity contribution < 1.29 is 4.79 Å². The van der Waals surface area contributed by atoms with E-state index in [9.17, 15) is 4.79 Å². The SMILES string of the molecule is Cc1ccc(C=O)c(C2CC2)c1. The zero-order chi connectivity index (χ0) is 8.55. The smallest absolute Gasteiger partial charge is 0.150 e. The van der Waals surface area contributed by atoms with Crippen LogP contribution in [0.1, 0.15) is 40.2 Å². The van der Waals surface area contributed by atoms with E-state index in [0.717, 1.165) is 11.8 Å². The third kappa shape index (κ3) is 1.27. The summed E-state index contributed by atoms with van der Waals surface area (Å²) in [5.41, 5.74) is 3.38. The Labute approximate surface area is 72.4 Å². The molecule has 62 valence electrons. The summed E-state index contributed by atoms with van der Waals surface area (Å²) < 4.78 is 0. The van der Waals surface area contributed by atoms with Crippen LogP contribution in [0.15, 0.2) is 18.2 Å². The third-order valence-electron chi connectivity index (χ3n) is 2.39. The zero-order valence-electron chi connectivity index (χ0n) is 7.21. The molecule has 12 heavy (non-hydrogen) atoms. The van der Waals surface area contributed by atoms with Crippen LogP contribution < -0.4 is 0 Å². The number of aldehydes is 1. The van der Waals surface area contributed by atoms with Crippen LogP contribution in [0, 0.1) is 6.92 Å². The molecule has 1 aliphatic carbocycles. The molecule has 0 atom stereocenters. The predicted octanol–water partition coefficient (Wildman–Crippen LogP) is 2.68. The Balaban J connectivity index is 2.46. The minimum Gasteiger partial charge on any atom is -0.298 e. The zero-order valence-corrected chi connectivity index (χ0v) is 7.21. The van der Waals surface area contributed by atoms with Gasteiger partial charge in [0.2, 0.25) is 0 Å². The summed E-state index contributed by atoms with van der Waals surface area (Å²) >= 11 is 0. The summed E-state index contributed by atoms with van der Waals surface area (Å²) in [6.45, 7) is 2.07. The van der Waals surface area contributed by atoms with Gasteiger partial charge in [0.15, 0.2) is 0 Å². The van der Waals surface area contributed by atoms with Gasteiger partial charge in [-0.1, -0.05) is 23.8 Å². The van der Waals surface area contributed by atoms with E-state index in [4.69, 9.17) is 0 Å². The molecule has 0 heterocycles. The molecule has 1 heteroatoms. The highest BCUT2D eigenvalue weighted by molar-refractivity contribution is 5.78. The summed E-state index contributed by atoms with van der Waals surface area (Å²) in [5.74, 6) is 0.671. The number of hydrogen-bond acceptors (Lipinski definition) is 1. The maximum Gasteiger partial charge on any atom is 0.150 e. The van der Waals surface area contributed by atoms with Gasteiger partial charge in [0, 0.05) is 5.56 Å². The fraction of sp³-hybridized carbons (Fsp3) is 0.364. The molecule has 0 aromatic heterocycles. The second-order valence-electron chi connectivity index (χ2n) is 3.52. The first-order valence-corrected chi connectivity index (χ1v) is 4.37. The molecular formula is C11H12O. The number of hydrogen-bond donors (Lipinski definition) is 0. The maximum absolute atomic E-state index is 10.7. The fourth-order valence-electron chi connectivity index (χ4n) is 1.55. The first-order valence-electron chi connectivity index (χ1n) is 4.37. The van der Waals surface area contributed by atoms with Crippen molar-refractivity contribution in [3.8, 4) is 0 Å². The van der Waals surface area contributed by atoms with Crippen LogP contribution in [0.3, 0.4) is 0 Å². The van der Waals surface area contributed by atoms with Crippen molar-refractivity contribution in [2.75, 3.05) is 0 Å². The van der Waals surface area contributed by atoms with Gasteiger partial charge < -0.3 is 0 Å². The molecule has 0 unspecified atom stereocenters. The first kappa shape index (κ1) is 7.53. The van der Waals surface area contributed by atoms with E-state index >= 15 is 0 Å². The van der Waals surface area contributed by atoms with E-state index in [1.54, 1.807) is 0 Å². The molecule has 1 aromatic carbocycles. The van der Waals surface area contributed by atoms with Crippen LogP contribution in [0.5, 0.6) is 0 Å². The number of rotatable bonds is 2.